The highest BCUT2D eigenvalue weighted by Gasteiger charge is 2.30. The van der Waals surface area contributed by atoms with Crippen molar-refractivity contribution in [3.05, 3.63) is 48.2 Å². The van der Waals surface area contributed by atoms with Gasteiger partial charge in [0.1, 0.15) is 11.5 Å². The number of aromatic amines is 1. The van der Waals surface area contributed by atoms with Crippen LogP contribution >= 0.6 is 0 Å². The van der Waals surface area contributed by atoms with Crippen molar-refractivity contribution in [3.8, 4) is 11.1 Å². The second-order valence-corrected chi connectivity index (χ2v) is 6.86. The minimum atomic E-state index is 0.0827. The number of rotatable bonds is 6. The number of hydrogen-bond acceptors (Lipinski definition) is 2. The number of anilines is 1. The standard InChI is InChI=1S/C21H23N3O/c1-2-3-4-14-5-7-15(8-6-14)18-13-19(24-21(25)16-9-10-16)23-20-17(18)11-12-22-20/h5-8,11-13,16H,2-4,9-10H2,1H3,(H2,22,23,24,25). The molecule has 1 aromatic carbocycles. The van der Waals surface area contributed by atoms with Crippen molar-refractivity contribution < 1.29 is 4.79 Å². The maximum absolute atomic E-state index is 12.1. The van der Waals surface area contributed by atoms with Gasteiger partial charge in [-0.25, -0.2) is 4.98 Å². The van der Waals surface area contributed by atoms with E-state index in [1.54, 1.807) is 0 Å². The van der Waals surface area contributed by atoms with Gasteiger partial charge < -0.3 is 10.3 Å². The fraction of sp³-hybridized carbons (Fsp3) is 0.333. The number of amides is 1. The third-order valence-corrected chi connectivity index (χ3v) is 4.81. The summed E-state index contributed by atoms with van der Waals surface area (Å²) in [7, 11) is 0. The topological polar surface area (TPSA) is 57.8 Å². The Bertz CT molecular complexity index is 891. The first-order chi connectivity index (χ1) is 12.2. The van der Waals surface area contributed by atoms with Crippen molar-refractivity contribution in [1.82, 2.24) is 9.97 Å². The summed E-state index contributed by atoms with van der Waals surface area (Å²) in [5, 5.41) is 4.04. The number of benzene rings is 1. The highest BCUT2D eigenvalue weighted by atomic mass is 16.2. The van der Waals surface area contributed by atoms with E-state index in [-0.39, 0.29) is 11.8 Å². The number of H-pyrrole nitrogens is 1. The average molecular weight is 333 g/mol. The van der Waals surface area contributed by atoms with E-state index in [1.807, 2.05) is 18.3 Å². The van der Waals surface area contributed by atoms with Crippen molar-refractivity contribution in [2.45, 2.75) is 39.0 Å². The fourth-order valence-electron chi connectivity index (χ4n) is 3.15. The van der Waals surface area contributed by atoms with Gasteiger partial charge in [0.15, 0.2) is 0 Å². The lowest BCUT2D eigenvalue weighted by Crippen LogP contribution is -2.14. The van der Waals surface area contributed by atoms with E-state index in [0.29, 0.717) is 5.82 Å². The zero-order valence-corrected chi connectivity index (χ0v) is 14.5. The summed E-state index contributed by atoms with van der Waals surface area (Å²) in [5.74, 6) is 0.874. The fourth-order valence-corrected chi connectivity index (χ4v) is 3.15. The predicted molar refractivity (Wildman–Crippen MR) is 101 cm³/mol. The lowest BCUT2D eigenvalue weighted by molar-refractivity contribution is -0.117. The van der Waals surface area contributed by atoms with Gasteiger partial charge in [-0.3, -0.25) is 4.79 Å². The third kappa shape index (κ3) is 3.43. The van der Waals surface area contributed by atoms with Crippen LogP contribution in [0.25, 0.3) is 22.2 Å². The molecule has 1 saturated carbocycles. The van der Waals surface area contributed by atoms with Crippen molar-refractivity contribution in [2.24, 2.45) is 5.92 Å². The Hall–Kier alpha value is -2.62. The summed E-state index contributed by atoms with van der Waals surface area (Å²) >= 11 is 0. The molecule has 3 aromatic rings. The maximum atomic E-state index is 12.1. The van der Waals surface area contributed by atoms with Crippen LogP contribution in [0.4, 0.5) is 5.82 Å². The summed E-state index contributed by atoms with van der Waals surface area (Å²) in [6.07, 6.45) is 7.41. The van der Waals surface area contributed by atoms with Crippen LogP contribution in [0.1, 0.15) is 38.2 Å². The molecule has 0 aliphatic heterocycles. The third-order valence-electron chi connectivity index (χ3n) is 4.81. The molecule has 4 heteroatoms. The van der Waals surface area contributed by atoms with E-state index in [2.05, 4.69) is 46.5 Å². The van der Waals surface area contributed by atoms with Crippen LogP contribution in [-0.4, -0.2) is 15.9 Å². The minimum absolute atomic E-state index is 0.0827. The number of carbonyl (C=O) groups is 1. The Morgan fingerprint density at radius 2 is 2.04 bits per heavy atom. The molecule has 2 aromatic heterocycles. The van der Waals surface area contributed by atoms with E-state index >= 15 is 0 Å². The number of aromatic nitrogens is 2. The number of nitrogens with one attached hydrogen (secondary N) is 2. The second kappa shape index (κ2) is 6.71. The van der Waals surface area contributed by atoms with Crippen molar-refractivity contribution in [2.75, 3.05) is 5.32 Å². The molecule has 1 aliphatic rings. The van der Waals surface area contributed by atoms with E-state index in [0.717, 1.165) is 41.4 Å². The largest absolute Gasteiger partial charge is 0.346 e. The van der Waals surface area contributed by atoms with E-state index in [9.17, 15) is 4.79 Å². The predicted octanol–water partition coefficient (Wildman–Crippen LogP) is 4.92. The van der Waals surface area contributed by atoms with E-state index in [1.165, 1.54) is 18.4 Å². The quantitative estimate of drug-likeness (QED) is 0.672. The number of nitrogens with zero attached hydrogens (tertiary/aromatic N) is 1. The molecule has 1 amide bonds. The van der Waals surface area contributed by atoms with E-state index in [4.69, 9.17) is 0 Å². The molecule has 0 radical (unpaired) electrons. The van der Waals surface area contributed by atoms with Gasteiger partial charge in [0, 0.05) is 17.5 Å². The van der Waals surface area contributed by atoms with Crippen LogP contribution in [0.5, 0.6) is 0 Å². The number of fused-ring (bicyclic) bond motifs is 1. The molecule has 4 rings (SSSR count). The van der Waals surface area contributed by atoms with Crippen LogP contribution in [-0.2, 0) is 11.2 Å². The zero-order chi connectivity index (χ0) is 17.2. The molecule has 128 valence electrons. The molecule has 0 saturated heterocycles. The monoisotopic (exact) mass is 333 g/mol. The summed E-state index contributed by atoms with van der Waals surface area (Å²) < 4.78 is 0. The van der Waals surface area contributed by atoms with Crippen LogP contribution in [0.3, 0.4) is 0 Å². The Labute approximate surface area is 147 Å². The number of carbonyl (C=O) groups excluding carboxylic acids is 1. The first kappa shape index (κ1) is 15.9. The SMILES string of the molecule is CCCCc1ccc(-c2cc(NC(=O)C3CC3)nc3[nH]ccc23)cc1. The smallest absolute Gasteiger partial charge is 0.228 e. The molecule has 0 bridgehead atoms. The molecule has 2 N–H and O–H groups in total. The maximum Gasteiger partial charge on any atom is 0.228 e. The van der Waals surface area contributed by atoms with Gasteiger partial charge in [-0.2, -0.15) is 0 Å². The number of unbranched alkanes of at least 4 members (excludes halogenated alkanes) is 1. The van der Waals surface area contributed by atoms with E-state index < -0.39 is 0 Å². The molecule has 4 nitrogen and oxygen atoms in total. The first-order valence-electron chi connectivity index (χ1n) is 9.13. The second-order valence-electron chi connectivity index (χ2n) is 6.86. The molecule has 2 heterocycles. The molecule has 25 heavy (non-hydrogen) atoms. The van der Waals surface area contributed by atoms with Crippen LogP contribution in [0.2, 0.25) is 0 Å². The van der Waals surface area contributed by atoms with Gasteiger partial charge in [0.25, 0.3) is 0 Å². The van der Waals surface area contributed by atoms with Crippen LogP contribution in [0.15, 0.2) is 42.6 Å². The van der Waals surface area contributed by atoms with Gasteiger partial charge in [-0.1, -0.05) is 37.6 Å². The molecular formula is C21H23N3O. The molecule has 0 atom stereocenters. The first-order valence-corrected chi connectivity index (χ1v) is 9.13. The van der Waals surface area contributed by atoms with Gasteiger partial charge in [-0.15, -0.1) is 0 Å². The van der Waals surface area contributed by atoms with Crippen molar-refractivity contribution >= 4 is 22.8 Å². The summed E-state index contributed by atoms with van der Waals surface area (Å²) in [4.78, 5) is 19.8. The Morgan fingerprint density at radius 3 is 2.76 bits per heavy atom. The Morgan fingerprint density at radius 1 is 1.24 bits per heavy atom. The lowest BCUT2D eigenvalue weighted by atomic mass is 10.00. The summed E-state index contributed by atoms with van der Waals surface area (Å²) in [6, 6.07) is 12.8. The highest BCUT2D eigenvalue weighted by Crippen LogP contribution is 2.33. The number of aryl methyl sites for hydroxylation is 1. The Balaban J connectivity index is 1.67. The summed E-state index contributed by atoms with van der Waals surface area (Å²) in [5.41, 5.74) is 4.42. The van der Waals surface area contributed by atoms with Gasteiger partial charge in [0.05, 0.1) is 0 Å². The van der Waals surface area contributed by atoms with Crippen molar-refractivity contribution in [3.63, 3.8) is 0 Å². The molecular weight excluding hydrogens is 310 g/mol. The number of pyridine rings is 1. The van der Waals surface area contributed by atoms with Gasteiger partial charge in [-0.05, 0) is 54.5 Å². The summed E-state index contributed by atoms with van der Waals surface area (Å²) in [6.45, 7) is 2.21. The molecule has 1 fully saturated rings. The normalized spacial score (nSPS) is 14.0. The minimum Gasteiger partial charge on any atom is -0.346 e. The van der Waals surface area contributed by atoms with Gasteiger partial charge >= 0.3 is 0 Å². The van der Waals surface area contributed by atoms with Crippen LogP contribution < -0.4 is 5.32 Å². The Kier molecular flexibility index (Phi) is 4.26. The number of hydrogen-bond donors (Lipinski definition) is 2. The highest BCUT2D eigenvalue weighted by molar-refractivity contribution is 5.98. The van der Waals surface area contributed by atoms with Crippen molar-refractivity contribution in [1.29, 1.82) is 0 Å². The lowest BCUT2D eigenvalue weighted by Gasteiger charge is -2.09. The zero-order valence-electron chi connectivity index (χ0n) is 14.5. The molecule has 0 spiro atoms. The molecule has 1 aliphatic carbocycles. The van der Waals surface area contributed by atoms with Gasteiger partial charge in [0.2, 0.25) is 5.91 Å². The average Bonchev–Trinajstić information content (AvgIpc) is 3.38. The van der Waals surface area contributed by atoms with Crippen LogP contribution in [0, 0.1) is 5.92 Å². The molecule has 0 unspecified atom stereocenters.